The van der Waals surface area contributed by atoms with Gasteiger partial charge in [0.25, 0.3) is 5.91 Å². The van der Waals surface area contributed by atoms with Crippen LogP contribution in [0.5, 0.6) is 0 Å². The van der Waals surface area contributed by atoms with Crippen molar-refractivity contribution in [3.63, 3.8) is 0 Å². The van der Waals surface area contributed by atoms with Crippen LogP contribution in [0.25, 0.3) is 0 Å². The molecule has 1 aromatic carbocycles. The number of aromatic nitrogens is 1. The number of thiazole rings is 1. The highest BCUT2D eigenvalue weighted by molar-refractivity contribution is 7.15. The molecule has 8 heteroatoms. The van der Waals surface area contributed by atoms with E-state index < -0.39 is 17.8 Å². The quantitative estimate of drug-likeness (QED) is 0.625. The van der Waals surface area contributed by atoms with Crippen LogP contribution >= 0.6 is 11.3 Å². The Hall–Kier alpha value is -2.48. The van der Waals surface area contributed by atoms with Crippen LogP contribution in [-0.2, 0) is 4.79 Å². The molecule has 1 atom stereocenters. The van der Waals surface area contributed by atoms with Crippen molar-refractivity contribution in [2.45, 2.75) is 51.5 Å². The highest BCUT2D eigenvalue weighted by atomic mass is 32.1. The summed E-state index contributed by atoms with van der Waals surface area (Å²) in [5.41, 5.74) is 0.690. The van der Waals surface area contributed by atoms with Crippen molar-refractivity contribution in [1.29, 1.82) is 0 Å². The van der Waals surface area contributed by atoms with E-state index in [0.29, 0.717) is 23.2 Å². The largest absolute Gasteiger partial charge is 0.387 e. The third-order valence-electron chi connectivity index (χ3n) is 5.26. The average Bonchev–Trinajstić information content (AvgIpc) is 3.12. The zero-order valence-corrected chi connectivity index (χ0v) is 17.6. The number of nitrogens with zero attached hydrogens (tertiary/aromatic N) is 1. The summed E-state index contributed by atoms with van der Waals surface area (Å²) in [6.07, 6.45) is 7.87. The molecule has 1 aliphatic carbocycles. The summed E-state index contributed by atoms with van der Waals surface area (Å²) in [6.45, 7) is 1.91. The molecule has 0 radical (unpaired) electrons. The predicted octanol–water partition coefficient (Wildman–Crippen LogP) is 4.34. The van der Waals surface area contributed by atoms with E-state index in [0.717, 1.165) is 30.6 Å². The van der Waals surface area contributed by atoms with E-state index in [9.17, 15) is 14.0 Å². The van der Waals surface area contributed by atoms with Gasteiger partial charge in [-0.1, -0.05) is 32.1 Å². The van der Waals surface area contributed by atoms with E-state index in [1.54, 1.807) is 13.2 Å². The van der Waals surface area contributed by atoms with E-state index in [2.05, 4.69) is 20.9 Å². The van der Waals surface area contributed by atoms with E-state index in [-0.39, 0.29) is 11.5 Å². The number of benzene rings is 1. The lowest BCUT2D eigenvalue weighted by atomic mass is 9.84. The van der Waals surface area contributed by atoms with E-state index in [1.807, 2.05) is 6.92 Å². The normalized spacial score (nSPS) is 15.6. The summed E-state index contributed by atoms with van der Waals surface area (Å²) < 4.78 is 13.7. The molecule has 1 aliphatic rings. The molecular weight excluding hydrogens is 391 g/mol. The molecule has 0 spiro atoms. The van der Waals surface area contributed by atoms with Gasteiger partial charge in [0.1, 0.15) is 11.9 Å². The van der Waals surface area contributed by atoms with Crippen LogP contribution in [0.3, 0.4) is 0 Å². The van der Waals surface area contributed by atoms with Crippen LogP contribution in [0, 0.1) is 18.7 Å². The molecule has 3 N–H and O–H groups in total. The van der Waals surface area contributed by atoms with Crippen LogP contribution in [-0.4, -0.2) is 29.9 Å². The lowest BCUT2D eigenvalue weighted by Gasteiger charge is -2.26. The molecule has 2 aromatic rings. The van der Waals surface area contributed by atoms with Gasteiger partial charge in [0, 0.05) is 23.8 Å². The Bertz CT molecular complexity index is 864. The topological polar surface area (TPSA) is 83.1 Å². The van der Waals surface area contributed by atoms with Gasteiger partial charge >= 0.3 is 0 Å². The molecule has 0 bridgehead atoms. The molecule has 6 nitrogen and oxygen atoms in total. The fourth-order valence-electron chi connectivity index (χ4n) is 3.75. The van der Waals surface area contributed by atoms with Crippen molar-refractivity contribution in [2.24, 2.45) is 5.92 Å². The molecule has 1 unspecified atom stereocenters. The van der Waals surface area contributed by atoms with Gasteiger partial charge in [-0.15, -0.1) is 11.3 Å². The zero-order chi connectivity index (χ0) is 20.8. The van der Waals surface area contributed by atoms with Crippen molar-refractivity contribution in [2.75, 3.05) is 17.7 Å². The number of rotatable bonds is 7. The van der Waals surface area contributed by atoms with Crippen molar-refractivity contribution in [3.8, 4) is 0 Å². The molecule has 0 saturated heterocycles. The van der Waals surface area contributed by atoms with Crippen LogP contribution in [0.1, 0.15) is 53.8 Å². The number of nitrogens with one attached hydrogen (secondary N) is 3. The Morgan fingerprint density at radius 3 is 2.69 bits per heavy atom. The Kier molecular flexibility index (Phi) is 7.19. The second kappa shape index (κ2) is 9.82. The maximum Gasteiger partial charge on any atom is 0.254 e. The number of anilines is 2. The summed E-state index contributed by atoms with van der Waals surface area (Å²) >= 11 is 1.39. The monoisotopic (exact) mass is 418 g/mol. The molecular formula is C21H27FN4O2S. The Balaban J connectivity index is 1.77. The van der Waals surface area contributed by atoms with Crippen LogP contribution in [0.2, 0.25) is 0 Å². The predicted molar refractivity (Wildman–Crippen MR) is 114 cm³/mol. The fraction of sp³-hybridized carbons (Fsp3) is 0.476. The fourth-order valence-corrected chi connectivity index (χ4v) is 4.42. The zero-order valence-electron chi connectivity index (χ0n) is 16.8. The first-order valence-corrected chi connectivity index (χ1v) is 10.8. The number of carbonyl (C=O) groups is 2. The maximum absolute atomic E-state index is 13.7. The van der Waals surface area contributed by atoms with E-state index in [1.165, 1.54) is 36.0 Å². The minimum absolute atomic E-state index is 0.180. The Labute approximate surface area is 174 Å². The third-order valence-corrected chi connectivity index (χ3v) is 6.09. The SMILES string of the molecule is CNc1ccc(F)cc1C(=O)NC(CC1CCCCC1)C(=O)Nc1ncc(C)s1. The van der Waals surface area contributed by atoms with Crippen molar-refractivity contribution in [1.82, 2.24) is 10.3 Å². The first-order valence-electron chi connectivity index (χ1n) is 9.97. The van der Waals surface area contributed by atoms with Gasteiger partial charge < -0.3 is 16.0 Å². The van der Waals surface area contributed by atoms with Gasteiger partial charge in [-0.25, -0.2) is 9.37 Å². The standard InChI is InChI=1S/C21H27FN4O2S/c1-13-12-24-21(29-13)26-20(28)18(10-14-6-4-3-5-7-14)25-19(27)16-11-15(22)8-9-17(16)23-2/h8-9,11-12,14,18,23H,3-7,10H2,1-2H3,(H,25,27)(H,24,26,28). The van der Waals surface area contributed by atoms with Crippen molar-refractivity contribution >= 4 is 34.0 Å². The molecule has 156 valence electrons. The third kappa shape index (κ3) is 5.76. The Morgan fingerprint density at radius 2 is 2.03 bits per heavy atom. The van der Waals surface area contributed by atoms with E-state index in [4.69, 9.17) is 0 Å². The van der Waals surface area contributed by atoms with Gasteiger partial charge in [-0.3, -0.25) is 9.59 Å². The van der Waals surface area contributed by atoms with Crippen molar-refractivity contribution in [3.05, 3.63) is 40.7 Å². The van der Waals surface area contributed by atoms with Gasteiger partial charge in [0.15, 0.2) is 5.13 Å². The lowest BCUT2D eigenvalue weighted by Crippen LogP contribution is -2.45. The number of hydrogen-bond donors (Lipinski definition) is 3. The maximum atomic E-state index is 13.7. The second-order valence-electron chi connectivity index (χ2n) is 7.47. The van der Waals surface area contributed by atoms with Gasteiger partial charge in [-0.05, 0) is 37.5 Å². The molecule has 1 fully saturated rings. The lowest BCUT2D eigenvalue weighted by molar-refractivity contribution is -0.118. The van der Waals surface area contributed by atoms with Crippen molar-refractivity contribution < 1.29 is 14.0 Å². The molecule has 3 rings (SSSR count). The summed E-state index contributed by atoms with van der Waals surface area (Å²) in [7, 11) is 1.67. The summed E-state index contributed by atoms with van der Waals surface area (Å²) in [5.74, 6) is -0.879. The van der Waals surface area contributed by atoms with Crippen LogP contribution in [0.4, 0.5) is 15.2 Å². The minimum Gasteiger partial charge on any atom is -0.387 e. The number of aryl methyl sites for hydroxylation is 1. The number of halogens is 1. The Morgan fingerprint density at radius 1 is 1.28 bits per heavy atom. The summed E-state index contributed by atoms with van der Waals surface area (Å²) in [4.78, 5) is 31.0. The second-order valence-corrected chi connectivity index (χ2v) is 8.71. The van der Waals surface area contributed by atoms with Crippen LogP contribution in [0.15, 0.2) is 24.4 Å². The number of amides is 2. The smallest absolute Gasteiger partial charge is 0.254 e. The van der Waals surface area contributed by atoms with Gasteiger partial charge in [0.2, 0.25) is 5.91 Å². The highest BCUT2D eigenvalue weighted by Crippen LogP contribution is 2.28. The van der Waals surface area contributed by atoms with E-state index >= 15 is 0 Å². The summed E-state index contributed by atoms with van der Waals surface area (Å²) in [5, 5.41) is 9.05. The minimum atomic E-state index is -0.706. The first kappa shape index (κ1) is 21.2. The molecule has 1 aromatic heterocycles. The summed E-state index contributed by atoms with van der Waals surface area (Å²) in [6, 6.07) is 3.28. The number of hydrogen-bond acceptors (Lipinski definition) is 5. The van der Waals surface area contributed by atoms with Gasteiger partial charge in [-0.2, -0.15) is 0 Å². The molecule has 2 amide bonds. The average molecular weight is 419 g/mol. The number of carbonyl (C=O) groups excluding carboxylic acids is 2. The van der Waals surface area contributed by atoms with Crippen LogP contribution < -0.4 is 16.0 Å². The molecule has 1 saturated carbocycles. The first-order chi connectivity index (χ1) is 14.0. The van der Waals surface area contributed by atoms with Gasteiger partial charge in [0.05, 0.1) is 5.56 Å². The molecule has 0 aliphatic heterocycles. The molecule has 29 heavy (non-hydrogen) atoms. The highest BCUT2D eigenvalue weighted by Gasteiger charge is 2.27. The molecule has 1 heterocycles.